The number of piperidine rings is 1. The molecule has 1 aliphatic heterocycles. The minimum absolute atomic E-state index is 0.0334. The number of carbonyl (C=O) groups is 2. The summed E-state index contributed by atoms with van der Waals surface area (Å²) in [6, 6.07) is 1.91. The van der Waals surface area contributed by atoms with Gasteiger partial charge in [0, 0.05) is 47.9 Å². The van der Waals surface area contributed by atoms with Gasteiger partial charge in [-0.3, -0.25) is 9.59 Å². The number of hydrogen-bond acceptors (Lipinski definition) is 4. The van der Waals surface area contributed by atoms with E-state index in [4.69, 9.17) is 0 Å². The number of Topliss-reactive ketones (excluding diaryl/α,β-unsaturated/α-hetero) is 1. The maximum Gasteiger partial charge on any atom is 0.223 e. The maximum absolute atomic E-state index is 12.2. The van der Waals surface area contributed by atoms with Gasteiger partial charge in [-0.1, -0.05) is 0 Å². The standard InChI is InChI=1S/C16H23NO3S/c1-11-8-14(12(2)21-11)15(19)5-6-16(20)17-7-3-4-13(9-17)10-18/h8,13,18H,3-7,9-10H2,1-2H3. The Hall–Kier alpha value is -1.20. The van der Waals surface area contributed by atoms with E-state index in [1.165, 1.54) is 0 Å². The molecule has 5 heteroatoms. The van der Waals surface area contributed by atoms with Crippen molar-refractivity contribution in [1.29, 1.82) is 0 Å². The highest BCUT2D eigenvalue weighted by Gasteiger charge is 2.23. The van der Waals surface area contributed by atoms with E-state index in [0.29, 0.717) is 6.54 Å². The predicted molar refractivity (Wildman–Crippen MR) is 83.7 cm³/mol. The van der Waals surface area contributed by atoms with Gasteiger partial charge in [0.05, 0.1) is 0 Å². The molecule has 1 aromatic rings. The van der Waals surface area contributed by atoms with Crippen LogP contribution in [0.15, 0.2) is 6.07 Å². The second kappa shape index (κ2) is 7.18. The SMILES string of the molecule is Cc1cc(C(=O)CCC(=O)N2CCCC(CO)C2)c(C)s1. The molecule has 1 amide bonds. The number of rotatable bonds is 5. The fraction of sp³-hybridized carbons (Fsp3) is 0.625. The monoisotopic (exact) mass is 309 g/mol. The molecule has 1 N–H and O–H groups in total. The molecule has 0 bridgehead atoms. The van der Waals surface area contributed by atoms with Crippen molar-refractivity contribution in [2.75, 3.05) is 19.7 Å². The first kappa shape index (κ1) is 16.2. The highest BCUT2D eigenvalue weighted by Crippen LogP contribution is 2.23. The van der Waals surface area contributed by atoms with Crippen molar-refractivity contribution < 1.29 is 14.7 Å². The van der Waals surface area contributed by atoms with E-state index in [1.807, 2.05) is 19.9 Å². The molecule has 116 valence electrons. The first-order chi connectivity index (χ1) is 10.0. The molecule has 0 spiro atoms. The molecule has 1 atom stereocenters. The van der Waals surface area contributed by atoms with Gasteiger partial charge < -0.3 is 10.0 Å². The predicted octanol–water partition coefficient (Wildman–Crippen LogP) is 2.56. The summed E-state index contributed by atoms with van der Waals surface area (Å²) in [6.45, 7) is 5.45. The van der Waals surface area contributed by atoms with Gasteiger partial charge in [0.25, 0.3) is 0 Å². The minimum Gasteiger partial charge on any atom is -0.396 e. The molecule has 1 aromatic heterocycles. The molecule has 2 heterocycles. The fourth-order valence-corrected chi connectivity index (χ4v) is 3.80. The number of hydrogen-bond donors (Lipinski definition) is 1. The summed E-state index contributed by atoms with van der Waals surface area (Å²) in [5.74, 6) is 0.284. The Morgan fingerprint density at radius 2 is 2.14 bits per heavy atom. The van der Waals surface area contributed by atoms with Crippen molar-refractivity contribution in [2.24, 2.45) is 5.92 Å². The van der Waals surface area contributed by atoms with Gasteiger partial charge in [-0.15, -0.1) is 11.3 Å². The van der Waals surface area contributed by atoms with Crippen LogP contribution in [-0.2, 0) is 4.79 Å². The largest absolute Gasteiger partial charge is 0.396 e. The number of likely N-dealkylation sites (tertiary alicyclic amines) is 1. The van der Waals surface area contributed by atoms with E-state index in [-0.39, 0.29) is 37.1 Å². The van der Waals surface area contributed by atoms with Gasteiger partial charge in [0.15, 0.2) is 5.78 Å². The zero-order valence-corrected chi connectivity index (χ0v) is 13.5. The topological polar surface area (TPSA) is 57.6 Å². The number of thiophene rings is 1. The van der Waals surface area contributed by atoms with Crippen LogP contribution in [-0.4, -0.2) is 41.4 Å². The zero-order valence-electron chi connectivity index (χ0n) is 12.7. The Morgan fingerprint density at radius 3 is 2.76 bits per heavy atom. The number of aliphatic hydroxyl groups is 1. The average molecular weight is 309 g/mol. The molecule has 1 fully saturated rings. The number of aryl methyl sites for hydroxylation is 2. The summed E-state index contributed by atoms with van der Waals surface area (Å²) < 4.78 is 0. The average Bonchev–Trinajstić information content (AvgIpc) is 2.83. The molecule has 4 nitrogen and oxygen atoms in total. The van der Waals surface area contributed by atoms with Gasteiger partial charge in [-0.25, -0.2) is 0 Å². The summed E-state index contributed by atoms with van der Waals surface area (Å²) in [6.07, 6.45) is 2.46. The molecule has 1 aliphatic rings. The van der Waals surface area contributed by atoms with Crippen LogP contribution < -0.4 is 0 Å². The minimum atomic E-state index is 0.0334. The van der Waals surface area contributed by atoms with Crippen molar-refractivity contribution >= 4 is 23.0 Å². The quantitative estimate of drug-likeness (QED) is 0.850. The molecule has 21 heavy (non-hydrogen) atoms. The first-order valence-electron chi connectivity index (χ1n) is 7.50. The lowest BCUT2D eigenvalue weighted by molar-refractivity contribution is -0.133. The number of amides is 1. The van der Waals surface area contributed by atoms with Crippen LogP contribution in [0.1, 0.15) is 45.8 Å². The summed E-state index contributed by atoms with van der Waals surface area (Å²) in [7, 11) is 0. The Labute approximate surface area is 129 Å². The van der Waals surface area contributed by atoms with Crippen LogP contribution >= 0.6 is 11.3 Å². The van der Waals surface area contributed by atoms with E-state index in [0.717, 1.165) is 34.7 Å². The highest BCUT2D eigenvalue weighted by atomic mass is 32.1. The highest BCUT2D eigenvalue weighted by molar-refractivity contribution is 7.12. The number of ketones is 1. The molecular formula is C16H23NO3S. The molecule has 2 rings (SSSR count). The smallest absolute Gasteiger partial charge is 0.223 e. The van der Waals surface area contributed by atoms with E-state index >= 15 is 0 Å². The van der Waals surface area contributed by atoms with Crippen LogP contribution in [0.4, 0.5) is 0 Å². The van der Waals surface area contributed by atoms with Crippen LogP contribution in [0, 0.1) is 19.8 Å². The molecular weight excluding hydrogens is 286 g/mol. The lowest BCUT2D eigenvalue weighted by Crippen LogP contribution is -2.41. The van der Waals surface area contributed by atoms with Crippen LogP contribution in [0.2, 0.25) is 0 Å². The van der Waals surface area contributed by atoms with E-state index in [2.05, 4.69) is 0 Å². The number of carbonyl (C=O) groups excluding carboxylic acids is 2. The summed E-state index contributed by atoms with van der Waals surface area (Å²) in [5, 5.41) is 9.20. The van der Waals surface area contributed by atoms with Crippen LogP contribution in [0.5, 0.6) is 0 Å². The van der Waals surface area contributed by atoms with Crippen molar-refractivity contribution in [1.82, 2.24) is 4.90 Å². The number of aliphatic hydroxyl groups excluding tert-OH is 1. The lowest BCUT2D eigenvalue weighted by Gasteiger charge is -2.31. The second-order valence-electron chi connectivity index (χ2n) is 5.78. The maximum atomic E-state index is 12.2. The van der Waals surface area contributed by atoms with Crippen molar-refractivity contribution in [3.63, 3.8) is 0 Å². The molecule has 1 saturated heterocycles. The van der Waals surface area contributed by atoms with Gasteiger partial charge >= 0.3 is 0 Å². The first-order valence-corrected chi connectivity index (χ1v) is 8.31. The lowest BCUT2D eigenvalue weighted by atomic mass is 9.98. The fourth-order valence-electron chi connectivity index (χ4n) is 2.86. The molecule has 0 aromatic carbocycles. The molecule has 1 unspecified atom stereocenters. The third kappa shape index (κ3) is 4.14. The molecule has 0 aliphatic carbocycles. The van der Waals surface area contributed by atoms with Gasteiger partial charge in [0.2, 0.25) is 5.91 Å². The van der Waals surface area contributed by atoms with E-state index < -0.39 is 0 Å². The molecule has 0 saturated carbocycles. The van der Waals surface area contributed by atoms with Crippen LogP contribution in [0.25, 0.3) is 0 Å². The third-order valence-corrected chi connectivity index (χ3v) is 5.00. The van der Waals surface area contributed by atoms with E-state index in [1.54, 1.807) is 16.2 Å². The van der Waals surface area contributed by atoms with Crippen molar-refractivity contribution in [3.8, 4) is 0 Å². The summed E-state index contributed by atoms with van der Waals surface area (Å²) >= 11 is 1.62. The van der Waals surface area contributed by atoms with Crippen LogP contribution in [0.3, 0.4) is 0 Å². The van der Waals surface area contributed by atoms with E-state index in [9.17, 15) is 14.7 Å². The van der Waals surface area contributed by atoms with Crippen molar-refractivity contribution in [2.45, 2.75) is 39.5 Å². The van der Waals surface area contributed by atoms with Gasteiger partial charge in [-0.2, -0.15) is 0 Å². The number of nitrogens with zero attached hydrogens (tertiary/aromatic N) is 1. The summed E-state index contributed by atoms with van der Waals surface area (Å²) in [5.41, 5.74) is 0.761. The van der Waals surface area contributed by atoms with Gasteiger partial charge in [0.1, 0.15) is 0 Å². The normalized spacial score (nSPS) is 18.8. The Morgan fingerprint density at radius 1 is 1.38 bits per heavy atom. The Kier molecular flexibility index (Phi) is 5.53. The Bertz CT molecular complexity index is 524. The molecule has 0 radical (unpaired) electrons. The summed E-state index contributed by atoms with van der Waals surface area (Å²) in [4.78, 5) is 28.3. The Balaban J connectivity index is 1.86. The third-order valence-electron chi connectivity index (χ3n) is 4.04. The zero-order chi connectivity index (χ0) is 15.4. The van der Waals surface area contributed by atoms with Crippen molar-refractivity contribution in [3.05, 3.63) is 21.4 Å². The second-order valence-corrected chi connectivity index (χ2v) is 7.24. The van der Waals surface area contributed by atoms with Gasteiger partial charge in [-0.05, 0) is 38.7 Å².